The molecule has 0 saturated heterocycles. The number of halogens is 1. The van der Waals surface area contributed by atoms with E-state index >= 15 is 0 Å². The predicted octanol–water partition coefficient (Wildman–Crippen LogP) is 4.88. The summed E-state index contributed by atoms with van der Waals surface area (Å²) in [7, 11) is 0. The van der Waals surface area contributed by atoms with Gasteiger partial charge in [-0.05, 0) is 42.5 Å². The Labute approximate surface area is 160 Å². The number of ether oxygens (including phenoxy) is 1. The van der Waals surface area contributed by atoms with E-state index in [1.54, 1.807) is 66.7 Å². The monoisotopic (exact) mass is 381 g/mol. The molecule has 0 fully saturated rings. The molecule has 3 aromatic rings. The second-order valence-corrected chi connectivity index (χ2v) is 5.96. The maximum Gasteiger partial charge on any atom is 0.316 e. The van der Waals surface area contributed by atoms with Gasteiger partial charge in [0.25, 0.3) is 5.91 Å². The molecule has 0 heterocycles. The Hall–Kier alpha value is -3.51. The highest BCUT2D eigenvalue weighted by Crippen LogP contribution is 2.33. The van der Waals surface area contributed by atoms with E-state index in [4.69, 9.17) is 22.1 Å². The molecule has 136 valence electrons. The van der Waals surface area contributed by atoms with Crippen molar-refractivity contribution in [3.63, 3.8) is 0 Å². The second-order valence-electron chi connectivity index (χ2n) is 5.55. The molecular weight excluding hydrogens is 366 g/mol. The standard InChI is InChI=1S/C20H16ClN3O3/c21-15-8-1-3-10-17(15)27-18-11-4-2-9-16(18)24-19(25)13-6-5-7-14(12-13)23-20(22)26/h1-12H,(H,24,25)(H3,22,23,26). The molecule has 0 aliphatic heterocycles. The third-order valence-electron chi connectivity index (χ3n) is 3.58. The number of amides is 3. The van der Waals surface area contributed by atoms with E-state index in [0.717, 1.165) is 0 Å². The van der Waals surface area contributed by atoms with Crippen LogP contribution in [0.5, 0.6) is 11.5 Å². The first-order chi connectivity index (χ1) is 13.0. The zero-order valence-electron chi connectivity index (χ0n) is 14.1. The lowest BCUT2D eigenvalue weighted by atomic mass is 10.1. The molecule has 0 aliphatic carbocycles. The van der Waals surface area contributed by atoms with Gasteiger partial charge in [0.05, 0.1) is 10.7 Å². The van der Waals surface area contributed by atoms with Crippen LogP contribution in [0.4, 0.5) is 16.2 Å². The fraction of sp³-hybridized carbons (Fsp3) is 0. The number of carbonyl (C=O) groups excluding carboxylic acids is 2. The lowest BCUT2D eigenvalue weighted by Gasteiger charge is -2.13. The summed E-state index contributed by atoms with van der Waals surface area (Å²) in [5.74, 6) is 0.567. The van der Waals surface area contributed by atoms with Crippen molar-refractivity contribution in [3.8, 4) is 11.5 Å². The topological polar surface area (TPSA) is 93.5 Å². The third-order valence-corrected chi connectivity index (χ3v) is 3.90. The van der Waals surface area contributed by atoms with Gasteiger partial charge in [0.2, 0.25) is 0 Å². The molecular formula is C20H16ClN3O3. The lowest BCUT2D eigenvalue weighted by molar-refractivity contribution is 0.102. The van der Waals surface area contributed by atoms with Crippen LogP contribution in [0, 0.1) is 0 Å². The zero-order chi connectivity index (χ0) is 19.2. The molecule has 27 heavy (non-hydrogen) atoms. The van der Waals surface area contributed by atoms with Gasteiger partial charge in [0.15, 0.2) is 5.75 Å². The van der Waals surface area contributed by atoms with Gasteiger partial charge in [-0.25, -0.2) is 4.79 Å². The highest BCUT2D eigenvalue weighted by atomic mass is 35.5. The number of carbonyl (C=O) groups is 2. The van der Waals surface area contributed by atoms with Gasteiger partial charge in [-0.2, -0.15) is 0 Å². The molecule has 0 aromatic heterocycles. The molecule has 0 aliphatic rings. The summed E-state index contributed by atoms with van der Waals surface area (Å²) in [5, 5.41) is 5.69. The van der Waals surface area contributed by atoms with Gasteiger partial charge in [-0.1, -0.05) is 41.9 Å². The van der Waals surface area contributed by atoms with Gasteiger partial charge in [-0.15, -0.1) is 0 Å². The zero-order valence-corrected chi connectivity index (χ0v) is 14.9. The Morgan fingerprint density at radius 2 is 1.56 bits per heavy atom. The third kappa shape index (κ3) is 4.77. The minimum Gasteiger partial charge on any atom is -0.454 e. The van der Waals surface area contributed by atoms with Crippen molar-refractivity contribution in [2.24, 2.45) is 5.73 Å². The van der Waals surface area contributed by atoms with Gasteiger partial charge < -0.3 is 21.1 Å². The molecule has 3 aromatic carbocycles. The summed E-state index contributed by atoms with van der Waals surface area (Å²) in [5.41, 5.74) is 6.37. The highest BCUT2D eigenvalue weighted by Gasteiger charge is 2.12. The second kappa shape index (κ2) is 8.25. The molecule has 0 unspecified atom stereocenters. The average Bonchev–Trinajstić information content (AvgIpc) is 2.65. The number of nitrogens with one attached hydrogen (secondary N) is 2. The number of benzene rings is 3. The lowest BCUT2D eigenvalue weighted by Crippen LogP contribution is -2.20. The number of para-hydroxylation sites is 3. The summed E-state index contributed by atoms with van der Waals surface area (Å²) >= 11 is 6.13. The number of rotatable bonds is 5. The fourth-order valence-corrected chi connectivity index (χ4v) is 2.55. The summed E-state index contributed by atoms with van der Waals surface area (Å²) in [6.07, 6.45) is 0. The minimum atomic E-state index is -0.703. The van der Waals surface area contributed by atoms with E-state index in [2.05, 4.69) is 10.6 Å². The van der Waals surface area contributed by atoms with Crippen LogP contribution in [0.1, 0.15) is 10.4 Å². The van der Waals surface area contributed by atoms with Crippen LogP contribution in [-0.4, -0.2) is 11.9 Å². The van der Waals surface area contributed by atoms with E-state index in [0.29, 0.717) is 33.5 Å². The molecule has 6 nitrogen and oxygen atoms in total. The van der Waals surface area contributed by atoms with E-state index in [1.165, 1.54) is 6.07 Å². The molecule has 7 heteroatoms. The van der Waals surface area contributed by atoms with Crippen LogP contribution < -0.4 is 21.1 Å². The van der Waals surface area contributed by atoms with Crippen LogP contribution >= 0.6 is 11.6 Å². The van der Waals surface area contributed by atoms with E-state index in [-0.39, 0.29) is 5.91 Å². The van der Waals surface area contributed by atoms with Crippen molar-refractivity contribution >= 4 is 34.9 Å². The summed E-state index contributed by atoms with van der Waals surface area (Å²) < 4.78 is 5.83. The van der Waals surface area contributed by atoms with Gasteiger partial charge >= 0.3 is 6.03 Å². The Bertz CT molecular complexity index is 991. The smallest absolute Gasteiger partial charge is 0.316 e. The maximum absolute atomic E-state index is 12.6. The van der Waals surface area contributed by atoms with Crippen molar-refractivity contribution < 1.29 is 14.3 Å². The molecule has 0 radical (unpaired) electrons. The number of nitrogens with two attached hydrogens (primary N) is 1. The van der Waals surface area contributed by atoms with Crippen molar-refractivity contribution in [3.05, 3.63) is 83.4 Å². The Morgan fingerprint density at radius 3 is 2.30 bits per heavy atom. The fourth-order valence-electron chi connectivity index (χ4n) is 2.38. The van der Waals surface area contributed by atoms with Crippen molar-refractivity contribution in [1.29, 1.82) is 0 Å². The van der Waals surface area contributed by atoms with E-state index < -0.39 is 6.03 Å². The van der Waals surface area contributed by atoms with Crippen molar-refractivity contribution in [2.75, 3.05) is 10.6 Å². The highest BCUT2D eigenvalue weighted by molar-refractivity contribution is 6.32. The number of hydrogen-bond donors (Lipinski definition) is 3. The van der Waals surface area contributed by atoms with E-state index in [9.17, 15) is 9.59 Å². The Kier molecular flexibility index (Phi) is 5.58. The summed E-state index contributed by atoms with van der Waals surface area (Å²) in [6.45, 7) is 0. The maximum atomic E-state index is 12.6. The van der Waals surface area contributed by atoms with Crippen LogP contribution in [0.2, 0.25) is 5.02 Å². The van der Waals surface area contributed by atoms with Crippen LogP contribution in [0.15, 0.2) is 72.8 Å². The first-order valence-corrected chi connectivity index (χ1v) is 8.40. The van der Waals surface area contributed by atoms with Gasteiger partial charge in [0, 0.05) is 11.3 Å². The minimum absolute atomic E-state index is 0.355. The normalized spacial score (nSPS) is 10.1. The molecule has 0 spiro atoms. The van der Waals surface area contributed by atoms with Crippen LogP contribution in [0.3, 0.4) is 0 Å². The van der Waals surface area contributed by atoms with Crippen LogP contribution in [0.25, 0.3) is 0 Å². The Morgan fingerprint density at radius 1 is 0.852 bits per heavy atom. The summed E-state index contributed by atoms with van der Waals surface area (Å²) in [4.78, 5) is 23.6. The average molecular weight is 382 g/mol. The molecule has 3 amide bonds. The largest absolute Gasteiger partial charge is 0.454 e. The molecule has 4 N–H and O–H groups in total. The van der Waals surface area contributed by atoms with Gasteiger partial charge in [-0.3, -0.25) is 4.79 Å². The molecule has 0 bridgehead atoms. The van der Waals surface area contributed by atoms with E-state index in [1.807, 2.05) is 0 Å². The molecule has 3 rings (SSSR count). The first-order valence-electron chi connectivity index (χ1n) is 8.02. The SMILES string of the molecule is NC(=O)Nc1cccc(C(=O)Nc2ccccc2Oc2ccccc2Cl)c1. The number of hydrogen-bond acceptors (Lipinski definition) is 3. The predicted molar refractivity (Wildman–Crippen MR) is 106 cm³/mol. The quantitative estimate of drug-likeness (QED) is 0.588. The first kappa shape index (κ1) is 18.3. The number of primary amides is 1. The Balaban J connectivity index is 1.81. The number of anilines is 2. The van der Waals surface area contributed by atoms with Crippen molar-refractivity contribution in [1.82, 2.24) is 0 Å². The number of urea groups is 1. The molecule has 0 atom stereocenters. The summed E-state index contributed by atoms with van der Waals surface area (Å²) in [6, 6.07) is 19.8. The van der Waals surface area contributed by atoms with Gasteiger partial charge in [0.1, 0.15) is 5.75 Å². The van der Waals surface area contributed by atoms with Crippen LogP contribution in [-0.2, 0) is 0 Å². The van der Waals surface area contributed by atoms with Crippen molar-refractivity contribution in [2.45, 2.75) is 0 Å². The molecule has 0 saturated carbocycles.